The molecule has 0 radical (unpaired) electrons. The van der Waals surface area contributed by atoms with Crippen molar-refractivity contribution < 1.29 is 9.53 Å². The lowest BCUT2D eigenvalue weighted by Crippen LogP contribution is -2.33. The molecule has 3 rings (SSSR count). The molecule has 0 aliphatic heterocycles. The smallest absolute Gasteiger partial charge is 0.338 e. The van der Waals surface area contributed by atoms with Crippen LogP contribution in [0.15, 0.2) is 54.6 Å². The second-order valence-electron chi connectivity index (χ2n) is 5.03. The summed E-state index contributed by atoms with van der Waals surface area (Å²) in [6.45, 7) is 2.01. The molecular weight excluding hydrogens is 324 g/mol. The molecule has 7 heteroatoms. The predicted molar refractivity (Wildman–Crippen MR) is 95.9 cm³/mol. The number of anilines is 1. The van der Waals surface area contributed by atoms with Crippen LogP contribution in [0.1, 0.15) is 13.0 Å². The lowest BCUT2D eigenvalue weighted by molar-refractivity contribution is -0.145. The summed E-state index contributed by atoms with van der Waals surface area (Å²) >= 11 is 5.46. The highest BCUT2D eigenvalue weighted by Gasteiger charge is 2.29. The summed E-state index contributed by atoms with van der Waals surface area (Å²) < 4.78 is 6.67. The number of nitrogens with zero attached hydrogens (tertiary/aromatic N) is 3. The Morgan fingerprint density at radius 2 is 1.92 bits per heavy atom. The Hall–Kier alpha value is -2.80. The minimum absolute atomic E-state index is 0.260. The number of hydrogen-bond acceptors (Lipinski definition) is 5. The molecule has 0 fully saturated rings. The maximum atomic E-state index is 12.5. The summed E-state index contributed by atoms with van der Waals surface area (Å²) in [4.78, 5) is 12.8. The van der Waals surface area contributed by atoms with Gasteiger partial charge in [-0.3, -0.25) is 0 Å². The van der Waals surface area contributed by atoms with Crippen LogP contribution in [0.3, 0.4) is 0 Å². The largest absolute Gasteiger partial charge is 0.464 e. The number of ether oxygens (including phenoxy) is 1. The monoisotopic (exact) mass is 340 g/mol. The van der Waals surface area contributed by atoms with Gasteiger partial charge in [0, 0.05) is 5.69 Å². The van der Waals surface area contributed by atoms with E-state index in [1.54, 1.807) is 6.92 Å². The van der Waals surface area contributed by atoms with Gasteiger partial charge in [-0.15, -0.1) is 5.10 Å². The summed E-state index contributed by atoms with van der Waals surface area (Å²) in [6, 6.07) is 15.9. The molecule has 1 unspecified atom stereocenters. The molecule has 122 valence electrons. The van der Waals surface area contributed by atoms with Gasteiger partial charge in [-0.05, 0) is 31.2 Å². The van der Waals surface area contributed by atoms with Crippen molar-refractivity contribution in [3.63, 3.8) is 0 Å². The van der Waals surface area contributed by atoms with E-state index in [2.05, 4.69) is 15.6 Å². The number of benzene rings is 2. The number of nitrogens with one attached hydrogen (secondary N) is 1. The number of hydrogen-bond donors (Lipinski definition) is 1. The first-order valence-electron chi connectivity index (χ1n) is 7.53. The third kappa shape index (κ3) is 3.26. The maximum absolute atomic E-state index is 12.5. The van der Waals surface area contributed by atoms with E-state index in [0.29, 0.717) is 16.0 Å². The van der Waals surface area contributed by atoms with E-state index in [-0.39, 0.29) is 6.61 Å². The fourth-order valence-corrected chi connectivity index (χ4v) is 2.66. The second-order valence-corrected chi connectivity index (χ2v) is 5.47. The summed E-state index contributed by atoms with van der Waals surface area (Å²) in [7, 11) is 0. The molecule has 0 spiro atoms. The average Bonchev–Trinajstić information content (AvgIpc) is 3.00. The normalized spacial score (nSPS) is 11.9. The molecular formula is C17H16N4O2S. The predicted octanol–water partition coefficient (Wildman–Crippen LogP) is 2.98. The highest BCUT2D eigenvalue weighted by atomic mass is 32.1. The quantitative estimate of drug-likeness (QED) is 0.569. The van der Waals surface area contributed by atoms with E-state index in [1.165, 1.54) is 4.68 Å². The first kappa shape index (κ1) is 16.1. The first-order chi connectivity index (χ1) is 11.7. The van der Waals surface area contributed by atoms with Gasteiger partial charge >= 0.3 is 5.97 Å². The number of carbonyl (C=O) groups excluding carboxylic acids is 1. The van der Waals surface area contributed by atoms with Crippen molar-refractivity contribution in [2.24, 2.45) is 0 Å². The van der Waals surface area contributed by atoms with Gasteiger partial charge < -0.3 is 10.1 Å². The van der Waals surface area contributed by atoms with Gasteiger partial charge in [0.15, 0.2) is 0 Å². The topological polar surface area (TPSA) is 69.0 Å². The van der Waals surface area contributed by atoms with Crippen LogP contribution in [0, 0.1) is 0 Å². The molecule has 0 aliphatic rings. The Balaban J connectivity index is 1.97. The van der Waals surface area contributed by atoms with E-state index >= 15 is 0 Å². The van der Waals surface area contributed by atoms with Crippen molar-refractivity contribution in [1.82, 2.24) is 15.0 Å². The van der Waals surface area contributed by atoms with Gasteiger partial charge in [0.1, 0.15) is 10.5 Å². The highest BCUT2D eigenvalue weighted by molar-refractivity contribution is 7.80. The molecule has 2 aromatic carbocycles. The lowest BCUT2D eigenvalue weighted by atomic mass is 10.2. The van der Waals surface area contributed by atoms with Crippen molar-refractivity contribution in [1.29, 1.82) is 0 Å². The first-order valence-corrected chi connectivity index (χ1v) is 7.94. The minimum atomic E-state index is -0.882. The Morgan fingerprint density at radius 1 is 1.21 bits per heavy atom. The molecule has 1 atom stereocenters. The van der Waals surface area contributed by atoms with E-state index < -0.39 is 12.0 Å². The van der Waals surface area contributed by atoms with Crippen molar-refractivity contribution in [3.8, 4) is 0 Å². The standard InChI is InChI=1S/C17H16N4O2S/c1-2-23-17(22)15(16(24)18-12-8-4-3-5-9-12)21-14-11-7-6-10-13(14)19-20-21/h3-11,15H,2H2,1H3,(H,18,24). The van der Waals surface area contributed by atoms with Crippen LogP contribution in [0.4, 0.5) is 5.69 Å². The van der Waals surface area contributed by atoms with Gasteiger partial charge in [-0.25, -0.2) is 9.48 Å². The third-order valence-corrected chi connectivity index (χ3v) is 3.75. The molecule has 1 aromatic heterocycles. The number of rotatable bonds is 5. The minimum Gasteiger partial charge on any atom is -0.464 e. The van der Waals surface area contributed by atoms with E-state index in [4.69, 9.17) is 17.0 Å². The van der Waals surface area contributed by atoms with Crippen LogP contribution in [0.2, 0.25) is 0 Å². The number of fused-ring (bicyclic) bond motifs is 1. The van der Waals surface area contributed by atoms with Crippen molar-refractivity contribution in [3.05, 3.63) is 54.6 Å². The lowest BCUT2D eigenvalue weighted by Gasteiger charge is -2.18. The summed E-state index contributed by atoms with van der Waals surface area (Å²) in [6.07, 6.45) is 0. The Bertz CT molecular complexity index is 863. The summed E-state index contributed by atoms with van der Waals surface area (Å²) in [5.41, 5.74) is 2.20. The molecule has 3 aromatic rings. The van der Waals surface area contributed by atoms with Crippen LogP contribution >= 0.6 is 12.2 Å². The van der Waals surface area contributed by atoms with Crippen molar-refractivity contribution >= 4 is 39.9 Å². The van der Waals surface area contributed by atoms with Gasteiger partial charge in [-0.2, -0.15) is 0 Å². The maximum Gasteiger partial charge on any atom is 0.338 e. The number of para-hydroxylation sites is 2. The highest BCUT2D eigenvalue weighted by Crippen LogP contribution is 2.20. The zero-order valence-corrected chi connectivity index (χ0v) is 13.9. The third-order valence-electron chi connectivity index (χ3n) is 3.42. The fourth-order valence-electron chi connectivity index (χ4n) is 2.35. The van der Waals surface area contributed by atoms with E-state index in [1.807, 2.05) is 54.6 Å². The number of aromatic nitrogens is 3. The SMILES string of the molecule is CCOC(=O)C(C(=S)Nc1ccccc1)n1nnc2ccccc21. The molecule has 0 bridgehead atoms. The molecule has 0 aliphatic carbocycles. The Kier molecular flexibility index (Phi) is 4.81. The Labute approximate surface area is 144 Å². The second kappa shape index (κ2) is 7.18. The molecule has 24 heavy (non-hydrogen) atoms. The Morgan fingerprint density at radius 3 is 2.67 bits per heavy atom. The van der Waals surface area contributed by atoms with Crippen LogP contribution in [-0.4, -0.2) is 32.6 Å². The molecule has 1 heterocycles. The van der Waals surface area contributed by atoms with Gasteiger partial charge in [0.2, 0.25) is 6.04 Å². The van der Waals surface area contributed by atoms with Crippen molar-refractivity contribution in [2.45, 2.75) is 13.0 Å². The van der Waals surface area contributed by atoms with Gasteiger partial charge in [0.05, 0.1) is 12.1 Å². The zero-order valence-electron chi connectivity index (χ0n) is 13.0. The van der Waals surface area contributed by atoms with Crippen LogP contribution in [0.25, 0.3) is 11.0 Å². The fraction of sp³-hybridized carbons (Fsp3) is 0.176. The van der Waals surface area contributed by atoms with E-state index in [9.17, 15) is 4.79 Å². The molecule has 6 nitrogen and oxygen atoms in total. The van der Waals surface area contributed by atoms with Crippen LogP contribution in [-0.2, 0) is 9.53 Å². The van der Waals surface area contributed by atoms with Crippen LogP contribution < -0.4 is 5.32 Å². The number of carbonyl (C=O) groups is 1. The molecule has 1 N–H and O–H groups in total. The summed E-state index contributed by atoms with van der Waals surface area (Å²) in [5.74, 6) is -0.471. The number of esters is 1. The van der Waals surface area contributed by atoms with E-state index in [0.717, 1.165) is 5.69 Å². The number of thiocarbonyl (C=S) groups is 1. The van der Waals surface area contributed by atoms with Crippen molar-refractivity contribution in [2.75, 3.05) is 11.9 Å². The van der Waals surface area contributed by atoms with Gasteiger partial charge in [-0.1, -0.05) is 47.8 Å². The van der Waals surface area contributed by atoms with Gasteiger partial charge in [0.25, 0.3) is 0 Å². The van der Waals surface area contributed by atoms with Crippen LogP contribution in [0.5, 0.6) is 0 Å². The average molecular weight is 340 g/mol. The zero-order chi connectivity index (χ0) is 16.9. The molecule has 0 saturated carbocycles. The molecule has 0 amide bonds. The molecule has 0 saturated heterocycles. The summed E-state index contributed by atoms with van der Waals surface area (Å²) in [5, 5.41) is 11.3.